The molecular weight excluding hydrogens is 815 g/mol. The second kappa shape index (κ2) is 23.6. The van der Waals surface area contributed by atoms with E-state index in [4.69, 9.17) is 23.9 Å². The fourth-order valence-electron chi connectivity index (χ4n) is 8.62. The summed E-state index contributed by atoms with van der Waals surface area (Å²) >= 11 is 0. The highest BCUT2D eigenvalue weighted by atomic mass is 16.5. The smallest absolute Gasteiger partial charge is 0.278 e. The fourth-order valence-corrected chi connectivity index (χ4v) is 8.62. The Hall–Kier alpha value is -4.55. The number of benzene rings is 1. The van der Waals surface area contributed by atoms with Crippen molar-refractivity contribution in [2.75, 3.05) is 90.8 Å². The predicted molar refractivity (Wildman–Crippen MR) is 246 cm³/mol. The number of nitrogens with one attached hydrogen (secondary N) is 1. The van der Waals surface area contributed by atoms with Crippen molar-refractivity contribution in [1.82, 2.24) is 39.0 Å². The number of hydrogen-bond donors (Lipinski definition) is 2. The summed E-state index contributed by atoms with van der Waals surface area (Å²) < 4.78 is 26.5. The fraction of sp³-hybridized carbons (Fsp3) is 0.604. The lowest BCUT2D eigenvalue weighted by Crippen LogP contribution is -2.46. The number of piperidine rings is 1. The van der Waals surface area contributed by atoms with Gasteiger partial charge in [-0.1, -0.05) is 55.7 Å². The number of carbonyl (C=O) groups is 1. The van der Waals surface area contributed by atoms with E-state index in [1.54, 1.807) is 42.8 Å². The molecule has 0 spiro atoms. The van der Waals surface area contributed by atoms with Crippen molar-refractivity contribution in [3.63, 3.8) is 0 Å². The molecule has 3 aromatic heterocycles. The summed E-state index contributed by atoms with van der Waals surface area (Å²) in [6.07, 6.45) is 11.8. The maximum atomic E-state index is 13.4. The molecule has 0 bridgehead atoms. The number of piperazine rings is 1. The lowest BCUT2D eigenvalue weighted by atomic mass is 9.98. The molecule has 2 saturated heterocycles. The van der Waals surface area contributed by atoms with Gasteiger partial charge >= 0.3 is 0 Å². The lowest BCUT2D eigenvalue weighted by molar-refractivity contribution is -0.133. The van der Waals surface area contributed by atoms with Gasteiger partial charge in [0.1, 0.15) is 11.0 Å². The van der Waals surface area contributed by atoms with Gasteiger partial charge < -0.3 is 34.3 Å². The SMILES string of the molecule is C=CCn1c(=O)c2cnc(NC3CCN(C(=O)CCOCCOCCOCCN4CCN(Cc5ccc(COC6CCCCC6)cc5)CC4)CC3)nc2n1-c1cccc(C(C)(C)O)n1. The van der Waals surface area contributed by atoms with Crippen LogP contribution in [0.4, 0.5) is 5.95 Å². The molecule has 3 fully saturated rings. The minimum absolute atomic E-state index is 0.0536. The standard InChI is InChI=1S/C48H69N9O7/c1-4-20-56-46(59)41-34-49-47(52-45(41)57(56)43-12-8-11-42(51-43)48(2,3)60)50-39-17-21-55(22-18-39)44(58)19-28-61-30-32-63-33-31-62-29-27-53-23-25-54(26-24-53)35-37-13-15-38(16-14-37)36-64-40-9-6-5-7-10-40/h4,8,11-16,34,39-40,60H,1,5-7,9-10,17-33,35-36H2,2-3H3,(H,49,50,52). The molecule has 1 amide bonds. The van der Waals surface area contributed by atoms with Crippen LogP contribution in [0, 0.1) is 0 Å². The van der Waals surface area contributed by atoms with Crippen LogP contribution in [0.1, 0.15) is 82.0 Å². The van der Waals surface area contributed by atoms with Crippen LogP contribution in [-0.4, -0.2) is 148 Å². The van der Waals surface area contributed by atoms with Crippen molar-refractivity contribution in [1.29, 1.82) is 0 Å². The molecule has 348 valence electrons. The molecule has 3 aliphatic rings. The third kappa shape index (κ3) is 13.5. The number of anilines is 1. The summed E-state index contributed by atoms with van der Waals surface area (Å²) in [5.74, 6) is 0.902. The van der Waals surface area contributed by atoms with Crippen molar-refractivity contribution in [2.45, 2.75) is 103 Å². The van der Waals surface area contributed by atoms with Crippen LogP contribution in [0.15, 0.2) is 66.1 Å². The van der Waals surface area contributed by atoms with E-state index in [9.17, 15) is 14.7 Å². The molecule has 64 heavy (non-hydrogen) atoms. The van der Waals surface area contributed by atoms with Crippen molar-refractivity contribution < 1.29 is 28.8 Å². The first-order chi connectivity index (χ1) is 31.1. The second-order valence-electron chi connectivity index (χ2n) is 17.8. The van der Waals surface area contributed by atoms with Gasteiger partial charge in [-0.2, -0.15) is 4.98 Å². The van der Waals surface area contributed by atoms with Crippen LogP contribution in [0.3, 0.4) is 0 Å². The predicted octanol–water partition coefficient (Wildman–Crippen LogP) is 4.90. The monoisotopic (exact) mass is 884 g/mol. The average Bonchev–Trinajstić information content (AvgIpc) is 3.58. The van der Waals surface area contributed by atoms with Crippen LogP contribution < -0.4 is 10.9 Å². The van der Waals surface area contributed by atoms with Crippen molar-refractivity contribution >= 4 is 22.9 Å². The highest BCUT2D eigenvalue weighted by Crippen LogP contribution is 2.24. The first-order valence-electron chi connectivity index (χ1n) is 23.4. The maximum absolute atomic E-state index is 13.4. The van der Waals surface area contributed by atoms with Gasteiger partial charge in [0, 0.05) is 64.6 Å². The van der Waals surface area contributed by atoms with Crippen molar-refractivity contribution in [3.8, 4) is 5.82 Å². The van der Waals surface area contributed by atoms with Crippen LogP contribution in [0.25, 0.3) is 16.9 Å². The molecule has 2 N–H and O–H groups in total. The average molecular weight is 884 g/mol. The topological polar surface area (TPSA) is 162 Å². The maximum Gasteiger partial charge on any atom is 0.278 e. The summed E-state index contributed by atoms with van der Waals surface area (Å²) in [5, 5.41) is 14.3. The number of likely N-dealkylation sites (tertiary alicyclic amines) is 1. The van der Waals surface area contributed by atoms with E-state index in [1.807, 2.05) is 4.90 Å². The Morgan fingerprint density at radius 2 is 1.52 bits per heavy atom. The molecule has 1 aliphatic carbocycles. The Bertz CT molecular complexity index is 2130. The molecule has 0 unspecified atom stereocenters. The van der Waals surface area contributed by atoms with Gasteiger partial charge in [-0.3, -0.25) is 19.4 Å². The highest BCUT2D eigenvalue weighted by Gasteiger charge is 2.25. The molecule has 7 rings (SSSR count). The van der Waals surface area contributed by atoms with E-state index < -0.39 is 5.60 Å². The number of rotatable bonds is 23. The number of carbonyl (C=O) groups excluding carboxylic acids is 1. The molecule has 16 nitrogen and oxygen atoms in total. The summed E-state index contributed by atoms with van der Waals surface area (Å²) in [4.78, 5) is 47.0. The van der Waals surface area contributed by atoms with Crippen LogP contribution in [0.5, 0.6) is 0 Å². The number of nitrogens with zero attached hydrogens (tertiary/aromatic N) is 8. The normalized spacial score (nSPS) is 17.3. The Kier molecular flexibility index (Phi) is 17.5. The minimum Gasteiger partial charge on any atom is -0.384 e. The highest BCUT2D eigenvalue weighted by molar-refractivity contribution is 5.77. The molecule has 2 aliphatic heterocycles. The number of allylic oxidation sites excluding steroid dienone is 1. The molecule has 16 heteroatoms. The van der Waals surface area contributed by atoms with E-state index in [0.29, 0.717) is 93.7 Å². The number of ether oxygens (including phenoxy) is 4. The first kappa shape index (κ1) is 47.4. The Morgan fingerprint density at radius 3 is 2.22 bits per heavy atom. The van der Waals surface area contributed by atoms with Gasteiger partial charge in [0.2, 0.25) is 11.9 Å². The van der Waals surface area contributed by atoms with Gasteiger partial charge in [-0.25, -0.2) is 19.3 Å². The minimum atomic E-state index is -1.17. The van der Waals surface area contributed by atoms with Crippen LogP contribution in [0.2, 0.25) is 0 Å². The van der Waals surface area contributed by atoms with E-state index in [0.717, 1.165) is 58.7 Å². The zero-order valence-corrected chi connectivity index (χ0v) is 38.0. The summed E-state index contributed by atoms with van der Waals surface area (Å²) in [6, 6.07) is 14.3. The molecule has 4 aromatic rings. The van der Waals surface area contributed by atoms with E-state index in [2.05, 4.69) is 55.9 Å². The molecule has 0 atom stereocenters. The van der Waals surface area contributed by atoms with E-state index in [1.165, 1.54) is 54.1 Å². The van der Waals surface area contributed by atoms with Gasteiger partial charge in [-0.05, 0) is 62.8 Å². The third-order valence-corrected chi connectivity index (χ3v) is 12.4. The van der Waals surface area contributed by atoms with Crippen LogP contribution >= 0.6 is 0 Å². The summed E-state index contributed by atoms with van der Waals surface area (Å²) in [7, 11) is 0. The summed E-state index contributed by atoms with van der Waals surface area (Å²) in [6.45, 7) is 18.4. The zero-order chi connectivity index (χ0) is 44.7. The van der Waals surface area contributed by atoms with Gasteiger partial charge in [0.15, 0.2) is 11.5 Å². The number of aromatic nitrogens is 5. The lowest BCUT2D eigenvalue weighted by Gasteiger charge is -2.34. The van der Waals surface area contributed by atoms with Crippen molar-refractivity contribution in [2.24, 2.45) is 0 Å². The second-order valence-corrected chi connectivity index (χ2v) is 17.8. The third-order valence-electron chi connectivity index (χ3n) is 12.4. The summed E-state index contributed by atoms with van der Waals surface area (Å²) in [5.41, 5.74) is 2.06. The van der Waals surface area contributed by atoms with E-state index >= 15 is 0 Å². The van der Waals surface area contributed by atoms with E-state index in [-0.39, 0.29) is 24.1 Å². The number of aliphatic hydroxyl groups is 1. The number of fused-ring (bicyclic) bond motifs is 1. The Labute approximate surface area is 377 Å². The Balaban J connectivity index is 0.712. The number of hydrogen-bond acceptors (Lipinski definition) is 13. The van der Waals surface area contributed by atoms with Crippen LogP contribution in [-0.2, 0) is 49.0 Å². The van der Waals surface area contributed by atoms with Gasteiger partial charge in [0.05, 0.1) is 71.0 Å². The number of pyridine rings is 1. The Morgan fingerprint density at radius 1 is 0.844 bits per heavy atom. The molecule has 1 saturated carbocycles. The van der Waals surface area contributed by atoms with Gasteiger partial charge in [-0.15, -0.1) is 6.58 Å². The largest absolute Gasteiger partial charge is 0.384 e. The molecular formula is C48H69N9O7. The molecule has 1 aromatic carbocycles. The molecule has 5 heterocycles. The quantitative estimate of drug-likeness (QED) is 0.0766. The van der Waals surface area contributed by atoms with Crippen molar-refractivity contribution in [3.05, 3.63) is 88.5 Å². The molecule has 0 radical (unpaired) electrons. The first-order valence-corrected chi connectivity index (χ1v) is 23.4. The number of amides is 1. The van der Waals surface area contributed by atoms with Gasteiger partial charge in [0.25, 0.3) is 5.56 Å². The zero-order valence-electron chi connectivity index (χ0n) is 38.0.